The Morgan fingerprint density at radius 3 is 2.47 bits per heavy atom. The first kappa shape index (κ1) is 13.9. The molecule has 0 radical (unpaired) electrons. The molecule has 0 aromatic carbocycles. The Hall–Kier alpha value is -1.10. The van der Waals surface area contributed by atoms with Crippen molar-refractivity contribution in [3.8, 4) is 0 Å². The van der Waals surface area contributed by atoms with Crippen LogP contribution in [0.2, 0.25) is 0 Å². The highest BCUT2D eigenvalue weighted by Crippen LogP contribution is 2.08. The number of hydrogen-bond donors (Lipinski definition) is 2. The Kier molecular flexibility index (Phi) is 5.93. The molecule has 0 aliphatic rings. The summed E-state index contributed by atoms with van der Waals surface area (Å²) in [6.45, 7) is 6.16. The summed E-state index contributed by atoms with van der Waals surface area (Å²) in [7, 11) is 0. The Labute approximate surface area is 89.8 Å². The number of carboxylic acids is 1. The fourth-order valence-electron chi connectivity index (χ4n) is 1.17. The van der Waals surface area contributed by atoms with Crippen molar-refractivity contribution in [1.82, 2.24) is 5.32 Å². The van der Waals surface area contributed by atoms with Gasteiger partial charge in [-0.3, -0.25) is 9.59 Å². The number of amides is 1. The lowest BCUT2D eigenvalue weighted by atomic mass is 10.0. The zero-order valence-corrected chi connectivity index (χ0v) is 9.50. The molecule has 0 bridgehead atoms. The zero-order valence-electron chi connectivity index (χ0n) is 9.50. The van der Waals surface area contributed by atoms with Crippen LogP contribution in [0.15, 0.2) is 0 Å². The van der Waals surface area contributed by atoms with Crippen LogP contribution < -0.4 is 5.32 Å². The van der Waals surface area contributed by atoms with Crippen LogP contribution in [0.1, 0.15) is 33.6 Å². The van der Waals surface area contributed by atoms with Gasteiger partial charge in [0.1, 0.15) is 0 Å². The van der Waals surface area contributed by atoms with Crippen LogP contribution in [-0.4, -0.2) is 35.7 Å². The molecule has 0 unspecified atom stereocenters. The van der Waals surface area contributed by atoms with Crippen LogP contribution in [-0.2, 0) is 14.3 Å². The molecule has 0 rings (SSSR count). The van der Waals surface area contributed by atoms with Crippen molar-refractivity contribution < 1.29 is 19.4 Å². The minimum atomic E-state index is -0.926. The minimum absolute atomic E-state index is 0.0899. The Morgan fingerprint density at radius 1 is 1.40 bits per heavy atom. The van der Waals surface area contributed by atoms with Crippen LogP contribution >= 0.6 is 0 Å². The van der Waals surface area contributed by atoms with Crippen LogP contribution in [0.25, 0.3) is 0 Å². The monoisotopic (exact) mass is 217 g/mol. The average Bonchev–Trinajstić information content (AvgIpc) is 2.00. The van der Waals surface area contributed by atoms with Gasteiger partial charge in [-0.25, -0.2) is 0 Å². The Bertz CT molecular complexity index is 225. The number of carbonyl (C=O) groups excluding carboxylic acids is 1. The third kappa shape index (κ3) is 7.93. The highest BCUT2D eigenvalue weighted by atomic mass is 16.5. The number of rotatable bonds is 7. The van der Waals surface area contributed by atoms with Gasteiger partial charge < -0.3 is 15.2 Å². The maximum absolute atomic E-state index is 11.3. The largest absolute Gasteiger partial charge is 0.481 e. The number of hydrogen-bond acceptors (Lipinski definition) is 3. The zero-order chi connectivity index (χ0) is 11.9. The molecule has 0 aromatic rings. The summed E-state index contributed by atoms with van der Waals surface area (Å²) in [4.78, 5) is 21.8. The maximum atomic E-state index is 11.3. The van der Waals surface area contributed by atoms with Crippen molar-refractivity contribution in [1.29, 1.82) is 0 Å². The SMILES string of the molecule is CCOCCC(=O)NC(C)(C)CC(=O)O. The van der Waals surface area contributed by atoms with Crippen molar-refractivity contribution in [2.24, 2.45) is 0 Å². The number of carbonyl (C=O) groups is 2. The molecule has 5 heteroatoms. The first-order valence-electron chi connectivity index (χ1n) is 4.98. The van der Waals surface area contributed by atoms with Gasteiger partial charge in [-0.05, 0) is 20.8 Å². The van der Waals surface area contributed by atoms with Gasteiger partial charge in [0.25, 0.3) is 0 Å². The van der Waals surface area contributed by atoms with E-state index in [0.29, 0.717) is 13.2 Å². The van der Waals surface area contributed by atoms with E-state index >= 15 is 0 Å². The smallest absolute Gasteiger partial charge is 0.305 e. The van der Waals surface area contributed by atoms with Gasteiger partial charge in [0, 0.05) is 18.6 Å². The average molecular weight is 217 g/mol. The summed E-state index contributed by atoms with van der Waals surface area (Å²) >= 11 is 0. The summed E-state index contributed by atoms with van der Waals surface area (Å²) in [6, 6.07) is 0. The lowest BCUT2D eigenvalue weighted by molar-refractivity contribution is -0.138. The third-order valence-electron chi connectivity index (χ3n) is 1.75. The van der Waals surface area contributed by atoms with E-state index in [4.69, 9.17) is 9.84 Å². The molecule has 0 heterocycles. The summed E-state index contributed by atoms with van der Waals surface area (Å²) in [6.07, 6.45) is 0.171. The summed E-state index contributed by atoms with van der Waals surface area (Å²) in [5, 5.41) is 11.2. The summed E-state index contributed by atoms with van der Waals surface area (Å²) in [5.41, 5.74) is -0.713. The minimum Gasteiger partial charge on any atom is -0.481 e. The lowest BCUT2D eigenvalue weighted by Crippen LogP contribution is -2.45. The molecule has 0 aliphatic heterocycles. The molecule has 0 saturated carbocycles. The first-order valence-corrected chi connectivity index (χ1v) is 4.98. The molecule has 0 fully saturated rings. The molecule has 88 valence electrons. The second-order valence-electron chi connectivity index (χ2n) is 3.95. The van der Waals surface area contributed by atoms with Gasteiger partial charge in [-0.2, -0.15) is 0 Å². The highest BCUT2D eigenvalue weighted by molar-refractivity contribution is 5.78. The van der Waals surface area contributed by atoms with Crippen molar-refractivity contribution in [3.05, 3.63) is 0 Å². The van der Waals surface area contributed by atoms with Gasteiger partial charge in [0.05, 0.1) is 13.0 Å². The third-order valence-corrected chi connectivity index (χ3v) is 1.75. The van der Waals surface area contributed by atoms with E-state index in [2.05, 4.69) is 5.32 Å². The van der Waals surface area contributed by atoms with Crippen LogP contribution in [0.5, 0.6) is 0 Å². The quantitative estimate of drug-likeness (QED) is 0.618. The predicted octanol–water partition coefficient (Wildman–Crippen LogP) is 0.782. The maximum Gasteiger partial charge on any atom is 0.305 e. The highest BCUT2D eigenvalue weighted by Gasteiger charge is 2.23. The first-order chi connectivity index (χ1) is 6.87. The summed E-state index contributed by atoms with van der Waals surface area (Å²) in [5.74, 6) is -1.11. The molecular formula is C10H19NO4. The van der Waals surface area contributed by atoms with Gasteiger partial charge >= 0.3 is 5.97 Å². The van der Waals surface area contributed by atoms with Crippen LogP contribution in [0.4, 0.5) is 0 Å². The molecule has 0 aliphatic carbocycles. The van der Waals surface area contributed by atoms with Crippen molar-refractivity contribution in [2.75, 3.05) is 13.2 Å². The number of carboxylic acid groups (broad SMARTS) is 1. The van der Waals surface area contributed by atoms with E-state index < -0.39 is 11.5 Å². The normalized spacial score (nSPS) is 11.1. The molecule has 0 atom stereocenters. The second kappa shape index (κ2) is 6.40. The van der Waals surface area contributed by atoms with Crippen molar-refractivity contribution >= 4 is 11.9 Å². The van der Waals surface area contributed by atoms with Crippen molar-refractivity contribution in [2.45, 2.75) is 39.2 Å². The Morgan fingerprint density at radius 2 is 2.00 bits per heavy atom. The van der Waals surface area contributed by atoms with E-state index in [9.17, 15) is 9.59 Å². The molecule has 1 amide bonds. The van der Waals surface area contributed by atoms with Gasteiger partial charge in [-0.15, -0.1) is 0 Å². The van der Waals surface area contributed by atoms with E-state index in [-0.39, 0.29) is 18.7 Å². The van der Waals surface area contributed by atoms with E-state index in [0.717, 1.165) is 0 Å². The second-order valence-corrected chi connectivity index (χ2v) is 3.95. The summed E-state index contributed by atoms with van der Waals surface area (Å²) < 4.78 is 5.02. The standard InChI is InChI=1S/C10H19NO4/c1-4-15-6-5-8(12)11-10(2,3)7-9(13)14/h4-7H2,1-3H3,(H,11,12)(H,13,14). The molecule has 5 nitrogen and oxygen atoms in total. The van der Waals surface area contributed by atoms with E-state index in [1.807, 2.05) is 6.92 Å². The topological polar surface area (TPSA) is 75.6 Å². The van der Waals surface area contributed by atoms with Crippen LogP contribution in [0, 0.1) is 0 Å². The Balaban J connectivity index is 3.88. The van der Waals surface area contributed by atoms with Gasteiger partial charge in [0.2, 0.25) is 5.91 Å². The number of aliphatic carboxylic acids is 1. The van der Waals surface area contributed by atoms with Crippen molar-refractivity contribution in [3.63, 3.8) is 0 Å². The number of nitrogens with one attached hydrogen (secondary N) is 1. The molecular weight excluding hydrogens is 198 g/mol. The lowest BCUT2D eigenvalue weighted by Gasteiger charge is -2.24. The van der Waals surface area contributed by atoms with E-state index in [1.54, 1.807) is 13.8 Å². The van der Waals surface area contributed by atoms with Crippen LogP contribution in [0.3, 0.4) is 0 Å². The molecule has 2 N–H and O–H groups in total. The molecule has 0 saturated heterocycles. The predicted molar refractivity (Wildman–Crippen MR) is 55.6 cm³/mol. The number of ether oxygens (including phenoxy) is 1. The fourth-order valence-corrected chi connectivity index (χ4v) is 1.17. The molecule has 0 aromatic heterocycles. The van der Waals surface area contributed by atoms with Gasteiger partial charge in [-0.1, -0.05) is 0 Å². The molecule has 0 spiro atoms. The molecule has 15 heavy (non-hydrogen) atoms. The van der Waals surface area contributed by atoms with Gasteiger partial charge in [0.15, 0.2) is 0 Å². The van der Waals surface area contributed by atoms with E-state index in [1.165, 1.54) is 0 Å². The fraction of sp³-hybridized carbons (Fsp3) is 0.800.